The van der Waals surface area contributed by atoms with Crippen molar-refractivity contribution in [1.82, 2.24) is 20.4 Å². The van der Waals surface area contributed by atoms with Crippen LogP contribution in [0.25, 0.3) is 0 Å². The Labute approximate surface area is 199 Å². The molecule has 9 heteroatoms. The number of carbonyl (C=O) groups excluding carboxylic acids is 1. The third-order valence-corrected chi connectivity index (χ3v) is 5.88. The van der Waals surface area contributed by atoms with Crippen LogP contribution in [0.4, 0.5) is 0 Å². The average molecular weight is 540 g/mol. The first-order valence-corrected chi connectivity index (χ1v) is 11.2. The number of rotatable bonds is 10. The minimum absolute atomic E-state index is 0. The Morgan fingerprint density at radius 3 is 2.50 bits per heavy atom. The second-order valence-electron chi connectivity index (χ2n) is 8.17. The van der Waals surface area contributed by atoms with Gasteiger partial charge in [0.05, 0.1) is 13.2 Å². The van der Waals surface area contributed by atoms with E-state index in [1.54, 1.807) is 19.0 Å². The van der Waals surface area contributed by atoms with E-state index in [0.29, 0.717) is 0 Å². The fourth-order valence-electron chi connectivity index (χ4n) is 4.09. The number of morpholine rings is 1. The van der Waals surface area contributed by atoms with Gasteiger partial charge in [0.2, 0.25) is 5.91 Å². The largest absolute Gasteiger partial charge is 0.382 e. The van der Waals surface area contributed by atoms with E-state index in [1.165, 1.54) is 32.1 Å². The molecule has 1 aliphatic heterocycles. The van der Waals surface area contributed by atoms with Crippen LogP contribution < -0.4 is 10.6 Å². The molecule has 0 spiro atoms. The molecule has 1 saturated heterocycles. The van der Waals surface area contributed by atoms with Crippen molar-refractivity contribution in [3.05, 3.63) is 0 Å². The molecule has 0 aromatic carbocycles. The fourth-order valence-corrected chi connectivity index (χ4v) is 4.09. The number of halogens is 1. The number of nitrogens with one attached hydrogen (secondary N) is 2. The van der Waals surface area contributed by atoms with Gasteiger partial charge < -0.3 is 25.0 Å². The summed E-state index contributed by atoms with van der Waals surface area (Å²) in [5, 5.41) is 6.94. The number of guanidine groups is 1. The first-order chi connectivity index (χ1) is 14.1. The SMILES string of the molecule is CCOCCCNC(=NCC(=O)N(C)C)NCC1(N2CCOCC2)CCCCC1.I. The highest BCUT2D eigenvalue weighted by molar-refractivity contribution is 14.0. The second-order valence-corrected chi connectivity index (χ2v) is 8.17. The van der Waals surface area contributed by atoms with Crippen LogP contribution in [0.2, 0.25) is 0 Å². The maximum Gasteiger partial charge on any atom is 0.243 e. The molecule has 0 atom stereocenters. The number of nitrogens with zero attached hydrogens (tertiary/aromatic N) is 3. The Bertz CT molecular complexity index is 507. The summed E-state index contributed by atoms with van der Waals surface area (Å²) >= 11 is 0. The van der Waals surface area contributed by atoms with Crippen molar-refractivity contribution >= 4 is 35.8 Å². The number of hydrogen-bond acceptors (Lipinski definition) is 5. The van der Waals surface area contributed by atoms with Crippen molar-refractivity contribution in [2.24, 2.45) is 4.99 Å². The van der Waals surface area contributed by atoms with Gasteiger partial charge in [-0.3, -0.25) is 9.69 Å². The summed E-state index contributed by atoms with van der Waals surface area (Å²) in [5.74, 6) is 0.718. The van der Waals surface area contributed by atoms with Gasteiger partial charge in [0, 0.05) is 59.0 Å². The first-order valence-electron chi connectivity index (χ1n) is 11.2. The van der Waals surface area contributed by atoms with Gasteiger partial charge in [0.25, 0.3) is 0 Å². The van der Waals surface area contributed by atoms with Crippen LogP contribution in [0.1, 0.15) is 45.4 Å². The molecule has 1 aliphatic carbocycles. The zero-order chi connectivity index (χ0) is 21.0. The summed E-state index contributed by atoms with van der Waals surface area (Å²) in [7, 11) is 3.52. The summed E-state index contributed by atoms with van der Waals surface area (Å²) in [4.78, 5) is 20.7. The lowest BCUT2D eigenvalue weighted by Crippen LogP contribution is -2.60. The van der Waals surface area contributed by atoms with E-state index in [0.717, 1.165) is 65.0 Å². The van der Waals surface area contributed by atoms with Gasteiger partial charge >= 0.3 is 0 Å². The third kappa shape index (κ3) is 9.23. The Kier molecular flexibility index (Phi) is 13.9. The lowest BCUT2D eigenvalue weighted by molar-refractivity contribution is -0.127. The van der Waals surface area contributed by atoms with Gasteiger partial charge in [-0.15, -0.1) is 24.0 Å². The highest BCUT2D eigenvalue weighted by atomic mass is 127. The van der Waals surface area contributed by atoms with E-state index >= 15 is 0 Å². The van der Waals surface area contributed by atoms with E-state index in [4.69, 9.17) is 9.47 Å². The quantitative estimate of drug-likeness (QED) is 0.191. The highest BCUT2D eigenvalue weighted by Gasteiger charge is 2.38. The summed E-state index contributed by atoms with van der Waals surface area (Å²) in [6.45, 7) is 8.86. The summed E-state index contributed by atoms with van der Waals surface area (Å²) in [6.07, 6.45) is 7.17. The molecular weight excluding hydrogens is 497 g/mol. The maximum atomic E-state index is 12.0. The molecule has 0 aromatic heterocycles. The molecule has 2 rings (SSSR count). The van der Waals surface area contributed by atoms with E-state index in [2.05, 4.69) is 20.5 Å². The molecule has 2 fully saturated rings. The smallest absolute Gasteiger partial charge is 0.243 e. The lowest BCUT2D eigenvalue weighted by atomic mass is 9.80. The van der Waals surface area contributed by atoms with Gasteiger partial charge in [0.1, 0.15) is 6.54 Å². The number of carbonyl (C=O) groups is 1. The molecule has 1 heterocycles. The lowest BCUT2D eigenvalue weighted by Gasteiger charge is -2.48. The predicted molar refractivity (Wildman–Crippen MR) is 132 cm³/mol. The summed E-state index contributed by atoms with van der Waals surface area (Å²) in [6, 6.07) is 0. The van der Waals surface area contributed by atoms with Crippen LogP contribution in [0.3, 0.4) is 0 Å². The Balaban J connectivity index is 0.00000450. The van der Waals surface area contributed by atoms with Crippen LogP contribution >= 0.6 is 24.0 Å². The topological polar surface area (TPSA) is 78.4 Å². The van der Waals surface area contributed by atoms with Crippen molar-refractivity contribution < 1.29 is 14.3 Å². The van der Waals surface area contributed by atoms with Gasteiger partial charge in [-0.05, 0) is 26.2 Å². The van der Waals surface area contributed by atoms with Crippen LogP contribution in [0, 0.1) is 0 Å². The number of aliphatic imine (C=N–C) groups is 1. The molecule has 2 aliphatic rings. The first kappa shape index (κ1) is 27.4. The van der Waals surface area contributed by atoms with E-state index in [-0.39, 0.29) is 42.0 Å². The number of ether oxygens (including phenoxy) is 2. The molecule has 0 aromatic rings. The summed E-state index contributed by atoms with van der Waals surface area (Å²) in [5.41, 5.74) is 0.154. The van der Waals surface area contributed by atoms with Crippen LogP contribution in [-0.4, -0.2) is 100 Å². The van der Waals surface area contributed by atoms with Crippen molar-refractivity contribution in [1.29, 1.82) is 0 Å². The number of hydrogen-bond donors (Lipinski definition) is 2. The number of likely N-dealkylation sites (N-methyl/N-ethyl adjacent to an activating group) is 1. The van der Waals surface area contributed by atoms with Gasteiger partial charge in [-0.2, -0.15) is 0 Å². The van der Waals surface area contributed by atoms with Crippen molar-refractivity contribution in [2.45, 2.75) is 51.0 Å². The van der Waals surface area contributed by atoms with Crippen LogP contribution in [-0.2, 0) is 14.3 Å². The minimum atomic E-state index is 0. The molecule has 2 N–H and O–H groups in total. The van der Waals surface area contributed by atoms with E-state index in [9.17, 15) is 4.79 Å². The molecule has 0 bridgehead atoms. The Hall–Kier alpha value is -0.650. The van der Waals surface area contributed by atoms with Crippen molar-refractivity contribution in [2.75, 3.05) is 73.2 Å². The standard InChI is InChI=1S/C21H41N5O3.HI/c1-4-28-14-8-11-22-20(23-17-19(27)25(2)3)24-18-21(9-6-5-7-10-21)26-12-15-29-16-13-26;/h4-18H2,1-3H3,(H2,22,23,24);1H. The van der Waals surface area contributed by atoms with E-state index in [1.807, 2.05) is 6.92 Å². The molecule has 0 radical (unpaired) electrons. The fraction of sp³-hybridized carbons (Fsp3) is 0.905. The summed E-state index contributed by atoms with van der Waals surface area (Å²) < 4.78 is 11.0. The molecule has 8 nitrogen and oxygen atoms in total. The molecule has 30 heavy (non-hydrogen) atoms. The van der Waals surface area contributed by atoms with E-state index < -0.39 is 0 Å². The van der Waals surface area contributed by atoms with Crippen LogP contribution in [0.5, 0.6) is 0 Å². The molecular formula is C21H42IN5O3. The zero-order valence-electron chi connectivity index (χ0n) is 19.1. The van der Waals surface area contributed by atoms with Crippen molar-refractivity contribution in [3.8, 4) is 0 Å². The van der Waals surface area contributed by atoms with Gasteiger partial charge in [-0.25, -0.2) is 4.99 Å². The molecule has 1 amide bonds. The van der Waals surface area contributed by atoms with Gasteiger partial charge in [0.15, 0.2) is 5.96 Å². The maximum absolute atomic E-state index is 12.0. The predicted octanol–water partition coefficient (Wildman–Crippen LogP) is 1.69. The zero-order valence-corrected chi connectivity index (χ0v) is 21.4. The normalized spacial score (nSPS) is 19.6. The third-order valence-electron chi connectivity index (χ3n) is 5.88. The number of amides is 1. The average Bonchev–Trinajstić information content (AvgIpc) is 2.75. The molecule has 0 unspecified atom stereocenters. The van der Waals surface area contributed by atoms with Gasteiger partial charge in [-0.1, -0.05) is 19.3 Å². The van der Waals surface area contributed by atoms with Crippen LogP contribution in [0.15, 0.2) is 4.99 Å². The molecule has 176 valence electrons. The molecule has 1 saturated carbocycles. The second kappa shape index (κ2) is 15.2. The highest BCUT2D eigenvalue weighted by Crippen LogP contribution is 2.33. The van der Waals surface area contributed by atoms with Crippen molar-refractivity contribution in [3.63, 3.8) is 0 Å². The Morgan fingerprint density at radius 1 is 1.17 bits per heavy atom. The monoisotopic (exact) mass is 539 g/mol. The minimum Gasteiger partial charge on any atom is -0.382 e. The Morgan fingerprint density at radius 2 is 1.87 bits per heavy atom.